The smallest absolute Gasteiger partial charge is 0.422 e. The summed E-state index contributed by atoms with van der Waals surface area (Å²) in [5.74, 6) is 0.496. The van der Waals surface area contributed by atoms with E-state index >= 15 is 0 Å². The van der Waals surface area contributed by atoms with Gasteiger partial charge in [0.25, 0.3) is 0 Å². The van der Waals surface area contributed by atoms with E-state index < -0.39 is 12.8 Å². The standard InChI is InChI=1S/C19H26F3N3O2/c20-19(21,22)13-27-17-11-14(8-9-23-17)12-24-18(26)25-10-4-7-16(25)15-5-2-1-3-6-15/h8-9,11,15-16H,1-7,10,12-13H2,(H,24,26)/t16-/m0/s1. The van der Waals surface area contributed by atoms with Crippen LogP contribution in [-0.4, -0.2) is 41.3 Å². The van der Waals surface area contributed by atoms with Crippen LogP contribution in [0.5, 0.6) is 5.88 Å². The number of hydrogen-bond donors (Lipinski definition) is 1. The number of aromatic nitrogens is 1. The Labute approximate surface area is 157 Å². The van der Waals surface area contributed by atoms with Crippen molar-refractivity contribution in [2.45, 2.75) is 63.7 Å². The molecule has 0 bridgehead atoms. The SMILES string of the molecule is O=C(NCc1ccnc(OCC(F)(F)F)c1)N1CCC[C@H]1C1CCCCC1. The number of amides is 2. The first-order chi connectivity index (χ1) is 12.9. The van der Waals surface area contributed by atoms with Crippen LogP contribution in [0.25, 0.3) is 0 Å². The van der Waals surface area contributed by atoms with Crippen molar-refractivity contribution in [1.82, 2.24) is 15.2 Å². The van der Waals surface area contributed by atoms with Gasteiger partial charge in [0, 0.05) is 31.4 Å². The van der Waals surface area contributed by atoms with Crippen LogP contribution in [0.4, 0.5) is 18.0 Å². The molecule has 0 radical (unpaired) electrons. The van der Waals surface area contributed by atoms with E-state index in [1.165, 1.54) is 44.4 Å². The Bertz CT molecular complexity index is 633. The molecular formula is C19H26F3N3O2. The van der Waals surface area contributed by atoms with Crippen LogP contribution in [0.3, 0.4) is 0 Å². The molecule has 150 valence electrons. The number of ether oxygens (including phenoxy) is 1. The first kappa shape index (κ1) is 19.8. The quantitative estimate of drug-likeness (QED) is 0.823. The molecule has 1 saturated heterocycles. The molecule has 1 aromatic heterocycles. The molecule has 1 saturated carbocycles. The summed E-state index contributed by atoms with van der Waals surface area (Å²) in [6.07, 6.45) is 5.22. The first-order valence-corrected chi connectivity index (χ1v) is 9.61. The summed E-state index contributed by atoms with van der Waals surface area (Å²) in [5.41, 5.74) is 0.656. The highest BCUT2D eigenvalue weighted by atomic mass is 19.4. The Balaban J connectivity index is 1.52. The highest BCUT2D eigenvalue weighted by Crippen LogP contribution is 2.34. The van der Waals surface area contributed by atoms with Gasteiger partial charge in [0.05, 0.1) is 0 Å². The fraction of sp³-hybridized carbons (Fsp3) is 0.684. The zero-order valence-corrected chi connectivity index (χ0v) is 15.3. The van der Waals surface area contributed by atoms with Crippen LogP contribution in [-0.2, 0) is 6.54 Å². The number of carbonyl (C=O) groups is 1. The van der Waals surface area contributed by atoms with E-state index in [1.807, 2.05) is 4.90 Å². The minimum atomic E-state index is -4.41. The third-order valence-electron chi connectivity index (χ3n) is 5.38. The minimum Gasteiger partial charge on any atom is -0.468 e. The van der Waals surface area contributed by atoms with Gasteiger partial charge in [-0.25, -0.2) is 9.78 Å². The van der Waals surface area contributed by atoms with E-state index in [0.29, 0.717) is 17.5 Å². The third kappa shape index (κ3) is 5.74. The second-order valence-corrected chi connectivity index (χ2v) is 7.37. The van der Waals surface area contributed by atoms with Crippen LogP contribution >= 0.6 is 0 Å². The van der Waals surface area contributed by atoms with Gasteiger partial charge in [-0.05, 0) is 43.2 Å². The molecule has 2 heterocycles. The second-order valence-electron chi connectivity index (χ2n) is 7.37. The molecule has 2 fully saturated rings. The van der Waals surface area contributed by atoms with Crippen molar-refractivity contribution in [3.05, 3.63) is 23.9 Å². The third-order valence-corrected chi connectivity index (χ3v) is 5.38. The van der Waals surface area contributed by atoms with E-state index in [-0.39, 0.29) is 18.5 Å². The molecular weight excluding hydrogens is 359 g/mol. The fourth-order valence-corrected chi connectivity index (χ4v) is 4.13. The maximum atomic E-state index is 12.6. The molecule has 1 aliphatic heterocycles. The summed E-state index contributed by atoms with van der Waals surface area (Å²) in [7, 11) is 0. The number of likely N-dealkylation sites (tertiary alicyclic amines) is 1. The van der Waals surface area contributed by atoms with Crippen molar-refractivity contribution in [2.75, 3.05) is 13.2 Å². The van der Waals surface area contributed by atoms with Crippen LogP contribution in [0.15, 0.2) is 18.3 Å². The molecule has 1 aromatic rings. The van der Waals surface area contributed by atoms with Gasteiger partial charge in [0.15, 0.2) is 6.61 Å². The Kier molecular flexibility index (Phi) is 6.44. The van der Waals surface area contributed by atoms with Crippen molar-refractivity contribution < 1.29 is 22.7 Å². The van der Waals surface area contributed by atoms with E-state index in [2.05, 4.69) is 15.0 Å². The number of urea groups is 1. The number of rotatable bonds is 5. The second kappa shape index (κ2) is 8.80. The minimum absolute atomic E-state index is 0.0969. The summed E-state index contributed by atoms with van der Waals surface area (Å²) in [6, 6.07) is 3.30. The highest BCUT2D eigenvalue weighted by molar-refractivity contribution is 5.74. The van der Waals surface area contributed by atoms with Gasteiger partial charge in [-0.3, -0.25) is 0 Å². The Morgan fingerprint density at radius 3 is 2.74 bits per heavy atom. The monoisotopic (exact) mass is 385 g/mol. The molecule has 0 aromatic carbocycles. The molecule has 27 heavy (non-hydrogen) atoms. The van der Waals surface area contributed by atoms with Crippen LogP contribution in [0, 0.1) is 5.92 Å². The van der Waals surface area contributed by atoms with Gasteiger partial charge >= 0.3 is 12.2 Å². The van der Waals surface area contributed by atoms with Crippen LogP contribution in [0.1, 0.15) is 50.5 Å². The average Bonchev–Trinajstić information content (AvgIpc) is 3.15. The topological polar surface area (TPSA) is 54.5 Å². The van der Waals surface area contributed by atoms with Crippen LogP contribution in [0.2, 0.25) is 0 Å². The number of pyridine rings is 1. The zero-order chi connectivity index (χ0) is 19.3. The normalized spacial score (nSPS) is 21.3. The zero-order valence-electron chi connectivity index (χ0n) is 15.3. The maximum Gasteiger partial charge on any atom is 0.422 e. The Morgan fingerprint density at radius 1 is 1.22 bits per heavy atom. The predicted molar refractivity (Wildman–Crippen MR) is 94.3 cm³/mol. The largest absolute Gasteiger partial charge is 0.468 e. The van der Waals surface area contributed by atoms with E-state index in [9.17, 15) is 18.0 Å². The number of nitrogens with zero attached hydrogens (tertiary/aromatic N) is 2. The molecule has 0 spiro atoms. The molecule has 5 nitrogen and oxygen atoms in total. The van der Waals surface area contributed by atoms with Crippen molar-refractivity contribution in [3.8, 4) is 5.88 Å². The average molecular weight is 385 g/mol. The molecule has 1 N–H and O–H groups in total. The lowest BCUT2D eigenvalue weighted by Gasteiger charge is -2.34. The van der Waals surface area contributed by atoms with Crippen molar-refractivity contribution >= 4 is 6.03 Å². The van der Waals surface area contributed by atoms with Crippen molar-refractivity contribution in [1.29, 1.82) is 0 Å². The molecule has 0 unspecified atom stereocenters. The fourth-order valence-electron chi connectivity index (χ4n) is 4.13. The Hall–Kier alpha value is -1.99. The van der Waals surface area contributed by atoms with E-state index in [0.717, 1.165) is 19.4 Å². The molecule has 1 atom stereocenters. The summed E-state index contributed by atoms with van der Waals surface area (Å²) in [4.78, 5) is 18.4. The summed E-state index contributed by atoms with van der Waals surface area (Å²) >= 11 is 0. The molecule has 3 rings (SSSR count). The van der Waals surface area contributed by atoms with Gasteiger partial charge in [-0.2, -0.15) is 13.2 Å². The van der Waals surface area contributed by atoms with Gasteiger partial charge in [0.2, 0.25) is 5.88 Å². The summed E-state index contributed by atoms with van der Waals surface area (Å²) in [6.45, 7) is -0.381. The molecule has 2 aliphatic rings. The summed E-state index contributed by atoms with van der Waals surface area (Å²) < 4.78 is 41.4. The number of hydrogen-bond acceptors (Lipinski definition) is 3. The molecule has 8 heteroatoms. The lowest BCUT2D eigenvalue weighted by atomic mass is 9.83. The Morgan fingerprint density at radius 2 is 2.00 bits per heavy atom. The first-order valence-electron chi connectivity index (χ1n) is 9.61. The van der Waals surface area contributed by atoms with Crippen molar-refractivity contribution in [3.63, 3.8) is 0 Å². The lowest BCUT2D eigenvalue weighted by molar-refractivity contribution is -0.154. The van der Waals surface area contributed by atoms with Gasteiger partial charge < -0.3 is 15.0 Å². The maximum absolute atomic E-state index is 12.6. The summed E-state index contributed by atoms with van der Waals surface area (Å²) in [5, 5.41) is 2.89. The lowest BCUT2D eigenvalue weighted by Crippen LogP contribution is -2.45. The molecule has 2 amide bonds. The highest BCUT2D eigenvalue weighted by Gasteiger charge is 2.35. The van der Waals surface area contributed by atoms with Gasteiger partial charge in [-0.15, -0.1) is 0 Å². The predicted octanol–water partition coefficient (Wildman–Crippen LogP) is 4.28. The number of halogens is 3. The number of nitrogens with one attached hydrogen (secondary N) is 1. The van der Waals surface area contributed by atoms with Gasteiger partial charge in [-0.1, -0.05) is 19.3 Å². The van der Waals surface area contributed by atoms with E-state index in [1.54, 1.807) is 6.07 Å². The number of carbonyl (C=O) groups excluding carboxylic acids is 1. The van der Waals surface area contributed by atoms with Crippen molar-refractivity contribution in [2.24, 2.45) is 5.92 Å². The molecule has 1 aliphatic carbocycles. The van der Waals surface area contributed by atoms with E-state index in [4.69, 9.17) is 0 Å². The number of alkyl halides is 3. The van der Waals surface area contributed by atoms with Crippen LogP contribution < -0.4 is 10.1 Å². The van der Waals surface area contributed by atoms with Gasteiger partial charge in [0.1, 0.15) is 0 Å².